The third-order valence-corrected chi connectivity index (χ3v) is 18.4. The summed E-state index contributed by atoms with van der Waals surface area (Å²) in [6, 6.07) is 106. The third-order valence-electron chi connectivity index (χ3n) is 18.4. The molecule has 13 aromatic carbocycles. The van der Waals surface area contributed by atoms with Gasteiger partial charge in [-0.25, -0.2) is 0 Å². The minimum Gasteiger partial charge on any atom is -0.309 e. The fourth-order valence-electron chi connectivity index (χ4n) is 14.9. The lowest BCUT2D eigenvalue weighted by Crippen LogP contribution is -2.01. The molecule has 0 aliphatic carbocycles. The van der Waals surface area contributed by atoms with Gasteiger partial charge in [0.1, 0.15) is 0 Å². The maximum atomic E-state index is 2.50. The highest BCUT2D eigenvalue weighted by atomic mass is 15.0. The predicted molar refractivity (Wildman–Crippen MR) is 357 cm³/mol. The number of para-hydroxylation sites is 8. The van der Waals surface area contributed by atoms with Crippen molar-refractivity contribution < 1.29 is 0 Å². The van der Waals surface area contributed by atoms with Crippen LogP contribution < -0.4 is 0 Å². The zero-order valence-electron chi connectivity index (χ0n) is 46.3. The number of hydrogen-bond donors (Lipinski definition) is 0. The van der Waals surface area contributed by atoms with Gasteiger partial charge in [0, 0.05) is 98.8 Å². The molecule has 396 valence electrons. The summed E-state index contributed by atoms with van der Waals surface area (Å²) in [6.45, 7) is 2.25. The van der Waals surface area contributed by atoms with Gasteiger partial charge in [-0.3, -0.25) is 0 Å². The minimum atomic E-state index is 1.10. The lowest BCUT2D eigenvalue weighted by Gasteiger charge is -2.15. The van der Waals surface area contributed by atoms with Crippen molar-refractivity contribution in [2.75, 3.05) is 0 Å². The fourth-order valence-corrected chi connectivity index (χ4v) is 14.9. The van der Waals surface area contributed by atoms with E-state index in [1.807, 2.05) is 0 Å². The van der Waals surface area contributed by atoms with Crippen molar-refractivity contribution in [2.45, 2.75) is 6.92 Å². The van der Waals surface area contributed by atoms with Crippen molar-refractivity contribution in [2.24, 2.45) is 0 Å². The van der Waals surface area contributed by atoms with E-state index in [1.165, 1.54) is 114 Å². The Morgan fingerprint density at radius 2 is 0.329 bits per heavy atom. The van der Waals surface area contributed by atoms with Gasteiger partial charge in [-0.2, -0.15) is 0 Å². The van der Waals surface area contributed by atoms with Crippen molar-refractivity contribution in [1.29, 1.82) is 0 Å². The molecule has 85 heavy (non-hydrogen) atoms. The van der Waals surface area contributed by atoms with Crippen LogP contribution in [0.2, 0.25) is 0 Å². The molecule has 19 aromatic rings. The van der Waals surface area contributed by atoms with Crippen molar-refractivity contribution >= 4 is 131 Å². The Labute approximate surface area is 487 Å². The molecule has 0 unspecified atom stereocenters. The van der Waals surface area contributed by atoms with E-state index in [4.69, 9.17) is 0 Å². The number of benzene rings is 13. The maximum absolute atomic E-state index is 2.50. The summed E-state index contributed by atoms with van der Waals surface area (Å²) in [4.78, 5) is 0. The molecule has 0 N–H and O–H groups in total. The molecule has 0 saturated heterocycles. The zero-order chi connectivity index (χ0) is 55.6. The Kier molecular flexibility index (Phi) is 9.45. The molecule has 6 aromatic heterocycles. The van der Waals surface area contributed by atoms with Crippen LogP contribution in [-0.2, 0) is 0 Å². The quantitative estimate of drug-likeness (QED) is 0.159. The zero-order valence-corrected chi connectivity index (χ0v) is 46.3. The van der Waals surface area contributed by atoms with Crippen LogP contribution in [0.5, 0.6) is 0 Å². The van der Waals surface area contributed by atoms with Crippen LogP contribution in [0.3, 0.4) is 0 Å². The maximum Gasteiger partial charge on any atom is 0.0542 e. The van der Waals surface area contributed by atoms with Crippen molar-refractivity contribution in [3.8, 4) is 34.1 Å². The van der Waals surface area contributed by atoms with E-state index >= 15 is 0 Å². The van der Waals surface area contributed by atoms with Crippen molar-refractivity contribution in [3.05, 3.63) is 291 Å². The Balaban J connectivity index is 0.865. The van der Waals surface area contributed by atoms with Gasteiger partial charge in [0.2, 0.25) is 0 Å². The SMILES string of the molecule is Cc1cc(-n2c3ccc(-n4c5ccccc5c5ccccc54)cc3c3cc(-n4c5ccccc5c5ccccc54)ccc32)cc(-n2c3ccc(-n4c5ccccc5c5ccccc54)cc3c3cc(-n4c5ccccc5c5ccccc54)ccc32)c1. The first-order valence-electron chi connectivity index (χ1n) is 29.3. The standard InChI is InChI=1S/C79H50N6/c1-49-42-54(84-76-38-34-50(80-68-26-10-2-18-56(68)57-19-3-11-27-69(57)80)45-64(76)65-46-51(35-39-77(65)84)81-70-28-12-4-20-58(70)59-21-5-13-29-71(59)81)44-55(43-49)85-78-40-36-52(82-72-30-14-6-22-60(72)61-23-7-15-31-73(61)82)47-66(78)67-48-53(37-41-79(67)85)83-74-32-16-8-24-62(74)63-25-9-17-33-75(63)83/h2-48H,1H3. The van der Waals surface area contributed by atoms with Crippen LogP contribution in [-0.4, -0.2) is 27.4 Å². The largest absolute Gasteiger partial charge is 0.309 e. The molecule has 0 atom stereocenters. The average Bonchev–Trinajstić information content (AvgIpc) is 3.02. The van der Waals surface area contributed by atoms with E-state index in [0.717, 1.165) is 56.2 Å². The Morgan fingerprint density at radius 3 is 0.541 bits per heavy atom. The van der Waals surface area contributed by atoms with Gasteiger partial charge in [0.05, 0.1) is 66.2 Å². The molecule has 0 aliphatic rings. The van der Waals surface area contributed by atoms with Gasteiger partial charge >= 0.3 is 0 Å². The molecule has 6 heteroatoms. The normalized spacial score (nSPS) is 12.3. The molecular formula is C79H50N6. The van der Waals surface area contributed by atoms with Crippen LogP contribution in [0.1, 0.15) is 5.56 Å². The fraction of sp³-hybridized carbons (Fsp3) is 0.0127. The van der Waals surface area contributed by atoms with Crippen LogP contribution in [0.25, 0.3) is 165 Å². The average molecular weight is 1080 g/mol. The smallest absolute Gasteiger partial charge is 0.0542 e. The van der Waals surface area contributed by atoms with Gasteiger partial charge in [-0.1, -0.05) is 146 Å². The summed E-state index contributed by atoms with van der Waals surface area (Å²) in [5, 5.41) is 14.7. The first kappa shape index (κ1) is 46.3. The Bertz CT molecular complexity index is 5140. The molecule has 19 rings (SSSR count). The minimum absolute atomic E-state index is 1.10. The van der Waals surface area contributed by atoms with E-state index in [0.29, 0.717) is 0 Å². The van der Waals surface area contributed by atoms with Crippen LogP contribution >= 0.6 is 0 Å². The first-order valence-corrected chi connectivity index (χ1v) is 29.3. The Hall–Kier alpha value is -11.3. The number of fused-ring (bicyclic) bond motifs is 18. The second-order valence-electron chi connectivity index (χ2n) is 23.0. The summed E-state index contributed by atoms with van der Waals surface area (Å²) < 4.78 is 14.8. The topological polar surface area (TPSA) is 29.6 Å². The summed E-state index contributed by atoms with van der Waals surface area (Å²) >= 11 is 0. The van der Waals surface area contributed by atoms with E-state index in [1.54, 1.807) is 0 Å². The molecule has 0 amide bonds. The number of aryl methyl sites for hydroxylation is 1. The second-order valence-corrected chi connectivity index (χ2v) is 23.0. The van der Waals surface area contributed by atoms with E-state index in [9.17, 15) is 0 Å². The van der Waals surface area contributed by atoms with Crippen LogP contribution in [0.15, 0.2) is 285 Å². The summed E-state index contributed by atoms with van der Waals surface area (Å²) in [6.07, 6.45) is 0. The van der Waals surface area contributed by atoms with E-state index < -0.39 is 0 Å². The predicted octanol–water partition coefficient (Wildman–Crippen LogP) is 20.6. The first-order chi connectivity index (χ1) is 42.1. The van der Waals surface area contributed by atoms with Gasteiger partial charge in [-0.15, -0.1) is 0 Å². The van der Waals surface area contributed by atoms with Crippen LogP contribution in [0.4, 0.5) is 0 Å². The number of rotatable bonds is 6. The summed E-state index contributed by atoms with van der Waals surface area (Å²) in [5.41, 5.74) is 22.0. The number of aromatic nitrogens is 6. The molecule has 0 aliphatic heterocycles. The van der Waals surface area contributed by atoms with Gasteiger partial charge in [0.25, 0.3) is 0 Å². The lowest BCUT2D eigenvalue weighted by atomic mass is 10.1. The van der Waals surface area contributed by atoms with Crippen molar-refractivity contribution in [1.82, 2.24) is 27.4 Å². The Morgan fingerprint density at radius 1 is 0.153 bits per heavy atom. The van der Waals surface area contributed by atoms with Gasteiger partial charge in [0.15, 0.2) is 0 Å². The number of hydrogen-bond acceptors (Lipinski definition) is 0. The molecule has 0 radical (unpaired) electrons. The van der Waals surface area contributed by atoms with Crippen molar-refractivity contribution in [3.63, 3.8) is 0 Å². The highest BCUT2D eigenvalue weighted by molar-refractivity contribution is 6.17. The van der Waals surface area contributed by atoms with Gasteiger partial charge < -0.3 is 27.4 Å². The lowest BCUT2D eigenvalue weighted by molar-refractivity contribution is 1.12. The highest BCUT2D eigenvalue weighted by Crippen LogP contribution is 2.43. The van der Waals surface area contributed by atoms with E-state index in [-0.39, 0.29) is 0 Å². The highest BCUT2D eigenvalue weighted by Gasteiger charge is 2.23. The van der Waals surface area contributed by atoms with Gasteiger partial charge in [-0.05, 0) is 152 Å². The third kappa shape index (κ3) is 6.48. The summed E-state index contributed by atoms with van der Waals surface area (Å²) in [5.74, 6) is 0. The van der Waals surface area contributed by atoms with E-state index in [2.05, 4.69) is 319 Å². The molecule has 0 spiro atoms. The molecule has 6 nitrogen and oxygen atoms in total. The van der Waals surface area contributed by atoms with Crippen LogP contribution in [0, 0.1) is 6.92 Å². The summed E-state index contributed by atoms with van der Waals surface area (Å²) in [7, 11) is 0. The monoisotopic (exact) mass is 1080 g/mol. The molecule has 0 fully saturated rings. The number of nitrogens with zero attached hydrogens (tertiary/aromatic N) is 6. The molecule has 0 saturated carbocycles. The molecule has 6 heterocycles. The molecule has 0 bridgehead atoms. The molecular weight excluding hydrogens is 1030 g/mol. The second kappa shape index (κ2) is 17.3.